The van der Waals surface area contributed by atoms with Crippen LogP contribution in [0, 0.1) is 5.92 Å². The monoisotopic (exact) mass is 208 g/mol. The van der Waals surface area contributed by atoms with Crippen molar-refractivity contribution in [1.29, 1.82) is 0 Å². The van der Waals surface area contributed by atoms with E-state index < -0.39 is 17.0 Å². The lowest BCUT2D eigenvalue weighted by molar-refractivity contribution is -0.144. The van der Waals surface area contributed by atoms with Crippen molar-refractivity contribution in [2.24, 2.45) is 5.92 Å². The zero-order chi connectivity index (χ0) is 10.3. The Balaban J connectivity index is 3.46. The van der Waals surface area contributed by atoms with Crippen molar-refractivity contribution in [1.82, 2.24) is 0 Å². The second-order valence-corrected chi connectivity index (χ2v) is 4.02. The van der Waals surface area contributed by atoms with Crippen molar-refractivity contribution in [2.45, 2.75) is 26.7 Å². The molecule has 0 aromatic carbocycles. The lowest BCUT2D eigenvalue weighted by Gasteiger charge is -2.08. The topological polar surface area (TPSA) is 63.6 Å². The molecule has 0 heterocycles. The maximum Gasteiger partial charge on any atom is 0.306 e. The van der Waals surface area contributed by atoms with Crippen molar-refractivity contribution in [3.05, 3.63) is 0 Å². The van der Waals surface area contributed by atoms with Crippen LogP contribution in [-0.4, -0.2) is 27.1 Å². The number of carbonyl (C=O) groups excluding carboxylic acids is 1. The third kappa shape index (κ3) is 7.93. The number of ether oxygens (including phenoxy) is 1. The molecule has 1 N–H and O–H groups in total. The molecule has 0 aromatic rings. The van der Waals surface area contributed by atoms with Gasteiger partial charge in [0.25, 0.3) is 0 Å². The fraction of sp³-hybridized carbons (Fsp3) is 0.875. The van der Waals surface area contributed by atoms with Crippen LogP contribution in [0.4, 0.5) is 0 Å². The molecule has 5 heteroatoms. The molecule has 0 aromatic heterocycles. The van der Waals surface area contributed by atoms with Crippen molar-refractivity contribution in [3.8, 4) is 0 Å². The van der Waals surface area contributed by atoms with E-state index in [-0.39, 0.29) is 12.2 Å². The minimum atomic E-state index is -1.90. The van der Waals surface area contributed by atoms with Gasteiger partial charge in [0.15, 0.2) is 11.1 Å². The predicted octanol–water partition coefficient (Wildman–Crippen LogP) is 1.19. The molecular weight excluding hydrogens is 192 g/mol. The van der Waals surface area contributed by atoms with E-state index in [9.17, 15) is 9.00 Å². The third-order valence-corrected chi connectivity index (χ3v) is 2.26. The Morgan fingerprint density at radius 3 is 2.69 bits per heavy atom. The summed E-state index contributed by atoms with van der Waals surface area (Å²) >= 11 is -1.90. The summed E-state index contributed by atoms with van der Waals surface area (Å²) in [4.78, 5) is 10.9. The van der Waals surface area contributed by atoms with Crippen LogP contribution in [0.5, 0.6) is 0 Å². The zero-order valence-electron chi connectivity index (χ0n) is 7.99. The molecular formula is C8H16O4S. The maximum absolute atomic E-state index is 10.9. The van der Waals surface area contributed by atoms with Gasteiger partial charge in [-0.3, -0.25) is 4.79 Å². The highest BCUT2D eigenvalue weighted by atomic mass is 32.2. The minimum absolute atomic E-state index is 0.0134. The number of carbonyl (C=O) groups is 1. The first-order chi connectivity index (χ1) is 6.06. The van der Waals surface area contributed by atoms with Crippen LogP contribution in [0.1, 0.15) is 26.7 Å². The first kappa shape index (κ1) is 12.6. The Morgan fingerprint density at radius 2 is 2.23 bits per heavy atom. The van der Waals surface area contributed by atoms with E-state index in [1.54, 1.807) is 0 Å². The molecule has 0 bridgehead atoms. The molecule has 78 valence electrons. The van der Waals surface area contributed by atoms with Gasteiger partial charge in [0.1, 0.15) is 0 Å². The minimum Gasteiger partial charge on any atom is -0.465 e. The molecule has 2 atom stereocenters. The summed E-state index contributed by atoms with van der Waals surface area (Å²) in [5.74, 6) is -0.0921. The van der Waals surface area contributed by atoms with Gasteiger partial charge in [-0.05, 0) is 5.92 Å². The second-order valence-electron chi connectivity index (χ2n) is 2.97. The number of hydrogen-bond acceptors (Lipinski definition) is 3. The Hall–Kier alpha value is -0.420. The van der Waals surface area contributed by atoms with Crippen LogP contribution >= 0.6 is 0 Å². The van der Waals surface area contributed by atoms with E-state index in [2.05, 4.69) is 0 Å². The van der Waals surface area contributed by atoms with E-state index in [4.69, 9.17) is 9.29 Å². The highest BCUT2D eigenvalue weighted by Crippen LogP contribution is 2.01. The van der Waals surface area contributed by atoms with Crippen LogP contribution in [0.2, 0.25) is 0 Å². The molecule has 0 spiro atoms. The normalized spacial score (nSPS) is 15.0. The van der Waals surface area contributed by atoms with Gasteiger partial charge in [0.05, 0.1) is 18.8 Å². The van der Waals surface area contributed by atoms with E-state index in [1.807, 2.05) is 13.8 Å². The molecule has 0 saturated carbocycles. The first-order valence-electron chi connectivity index (χ1n) is 4.29. The summed E-state index contributed by atoms with van der Waals surface area (Å²) < 4.78 is 23.5. The molecule has 0 fully saturated rings. The second kappa shape index (κ2) is 7.03. The van der Waals surface area contributed by atoms with E-state index in [1.165, 1.54) is 0 Å². The smallest absolute Gasteiger partial charge is 0.306 e. The molecule has 0 amide bonds. The quantitative estimate of drug-likeness (QED) is 0.526. The van der Waals surface area contributed by atoms with Crippen LogP contribution in [0.15, 0.2) is 0 Å². The molecule has 4 nitrogen and oxygen atoms in total. The van der Waals surface area contributed by atoms with Crippen molar-refractivity contribution in [3.63, 3.8) is 0 Å². The van der Waals surface area contributed by atoms with E-state index in [0.29, 0.717) is 12.5 Å². The Labute approximate surface area is 80.9 Å². The lowest BCUT2D eigenvalue weighted by atomic mass is 10.1. The lowest BCUT2D eigenvalue weighted by Crippen LogP contribution is -2.13. The fourth-order valence-electron chi connectivity index (χ4n) is 0.596. The van der Waals surface area contributed by atoms with Gasteiger partial charge in [-0.2, -0.15) is 0 Å². The van der Waals surface area contributed by atoms with Gasteiger partial charge in [-0.25, -0.2) is 4.21 Å². The van der Waals surface area contributed by atoms with Gasteiger partial charge < -0.3 is 9.29 Å². The van der Waals surface area contributed by atoms with Gasteiger partial charge in [0.2, 0.25) is 0 Å². The third-order valence-electron chi connectivity index (χ3n) is 1.71. The average molecular weight is 208 g/mol. The number of rotatable bonds is 6. The Morgan fingerprint density at radius 1 is 1.62 bits per heavy atom. The van der Waals surface area contributed by atoms with Gasteiger partial charge in [-0.15, -0.1) is 0 Å². The zero-order valence-corrected chi connectivity index (χ0v) is 8.80. The van der Waals surface area contributed by atoms with Crippen LogP contribution < -0.4 is 0 Å². The summed E-state index contributed by atoms with van der Waals surface area (Å²) in [6.07, 6.45) is 0.971. The highest BCUT2D eigenvalue weighted by Gasteiger charge is 2.07. The van der Waals surface area contributed by atoms with Crippen LogP contribution in [0.3, 0.4) is 0 Å². The summed E-state index contributed by atoms with van der Waals surface area (Å²) in [6.45, 7) is 4.39. The van der Waals surface area contributed by atoms with Crippen molar-refractivity contribution < 1.29 is 18.3 Å². The van der Waals surface area contributed by atoms with Gasteiger partial charge in [-0.1, -0.05) is 20.3 Å². The molecule has 0 aliphatic carbocycles. The summed E-state index contributed by atoms with van der Waals surface area (Å²) in [7, 11) is 0. The molecule has 0 rings (SSSR count). The molecule has 0 aliphatic rings. The molecule has 0 aliphatic heterocycles. The summed E-state index contributed by atoms with van der Waals surface area (Å²) in [6, 6.07) is 0. The van der Waals surface area contributed by atoms with E-state index in [0.717, 1.165) is 6.42 Å². The highest BCUT2D eigenvalue weighted by molar-refractivity contribution is 7.79. The maximum atomic E-state index is 10.9. The van der Waals surface area contributed by atoms with Crippen molar-refractivity contribution >= 4 is 17.0 Å². The van der Waals surface area contributed by atoms with Gasteiger partial charge in [0, 0.05) is 0 Å². The van der Waals surface area contributed by atoms with Gasteiger partial charge >= 0.3 is 5.97 Å². The van der Waals surface area contributed by atoms with Crippen LogP contribution in [-0.2, 0) is 20.6 Å². The summed E-state index contributed by atoms with van der Waals surface area (Å²) in [5, 5.41) is 0. The predicted molar refractivity (Wildman–Crippen MR) is 50.7 cm³/mol. The standard InChI is InChI=1S/C8H16O4S/c1-3-7(2)6-12-8(9)4-5-13(10)11/h7H,3-6H2,1-2H3,(H,10,11). The Kier molecular flexibility index (Phi) is 6.80. The number of esters is 1. The first-order valence-corrected chi connectivity index (χ1v) is 5.57. The number of hydrogen-bond donors (Lipinski definition) is 1. The van der Waals surface area contributed by atoms with Crippen LogP contribution in [0.25, 0.3) is 0 Å². The largest absolute Gasteiger partial charge is 0.465 e. The molecule has 0 saturated heterocycles. The Bertz CT molecular complexity index is 181. The molecule has 0 radical (unpaired) electrons. The van der Waals surface area contributed by atoms with Crippen molar-refractivity contribution in [2.75, 3.05) is 12.4 Å². The molecule has 13 heavy (non-hydrogen) atoms. The SMILES string of the molecule is CCC(C)COC(=O)CCS(=O)O. The summed E-state index contributed by atoms with van der Waals surface area (Å²) in [5.41, 5.74) is 0. The fourth-order valence-corrected chi connectivity index (χ4v) is 0.937. The van der Waals surface area contributed by atoms with E-state index >= 15 is 0 Å². The average Bonchev–Trinajstić information content (AvgIpc) is 2.10. The molecule has 2 unspecified atom stereocenters.